The Bertz CT molecular complexity index is 4800. The quantitative estimate of drug-likeness (QED) is 0.141. The van der Waals surface area contributed by atoms with Gasteiger partial charge in [0.1, 0.15) is 0 Å². The molecule has 0 saturated heterocycles. The first-order valence-corrected chi connectivity index (χ1v) is 27.3. The van der Waals surface area contributed by atoms with Gasteiger partial charge in [-0.2, -0.15) is 0 Å². The van der Waals surface area contributed by atoms with Crippen LogP contribution in [0.15, 0.2) is 220 Å². The van der Waals surface area contributed by atoms with E-state index >= 15 is 0 Å². The molecule has 9 heterocycles. The number of fused-ring (bicyclic) bond motifs is 6. The molecular weight excluding hydrogens is 1050 g/mol. The van der Waals surface area contributed by atoms with Crippen molar-refractivity contribution in [3.05, 3.63) is 220 Å². The minimum absolute atomic E-state index is 0.396. The fraction of sp³-hybridized carbons (Fsp3) is 0.0870. The summed E-state index contributed by atoms with van der Waals surface area (Å²) in [6.07, 6.45) is 23.1. The van der Waals surface area contributed by atoms with Crippen LogP contribution in [0.25, 0.3) is 132 Å². The maximum Gasteiger partial charge on any atom is 0.418 e. The molecule has 84 heavy (non-hydrogen) atoms. The van der Waals surface area contributed by atoms with Crippen molar-refractivity contribution in [3.8, 4) is 66.8 Å². The first-order chi connectivity index (χ1) is 41.0. The summed E-state index contributed by atoms with van der Waals surface area (Å²) in [7, 11) is 10.2. The van der Waals surface area contributed by atoms with Crippen LogP contribution >= 0.6 is 0 Å². The van der Waals surface area contributed by atoms with Gasteiger partial charge in [0.25, 0.3) is 0 Å². The fourth-order valence-electron chi connectivity index (χ4n) is 11.9. The largest absolute Gasteiger partial charge is 0.452 e. The molecule has 0 radical (unpaired) electrons. The van der Waals surface area contributed by atoms with Gasteiger partial charge < -0.3 is 42.9 Å². The number of hydrogen-bond donors (Lipinski definition) is 3. The van der Waals surface area contributed by atoms with Gasteiger partial charge in [-0.05, 0) is 36.4 Å². The van der Waals surface area contributed by atoms with Gasteiger partial charge in [0, 0.05) is 211 Å². The molecule has 15 aromatic rings. The molecule has 0 fully saturated rings. The van der Waals surface area contributed by atoms with Crippen molar-refractivity contribution in [2.75, 3.05) is 21.3 Å². The first-order valence-electron chi connectivity index (χ1n) is 27.3. The maximum atomic E-state index is 12.4. The Kier molecular flexibility index (Phi) is 13.3. The summed E-state index contributed by atoms with van der Waals surface area (Å²) in [5.41, 5.74) is 18.8. The lowest BCUT2D eigenvalue weighted by Crippen LogP contribution is -2.09. The van der Waals surface area contributed by atoms with E-state index in [0.717, 1.165) is 82.7 Å². The van der Waals surface area contributed by atoms with Crippen LogP contribution < -0.4 is 0 Å². The SMILES string of the molecule is COC(=O)n1cc(-c2cn(C)cc2-c2c[nH]c3ccccc23)c2ccccc21.COC(=O)n1cc(-c2cn(C)cc2-c2cn(C(=O)OC)c3ccccc23)c2ccccc21.Cn1cc(-c2c[nH]c3ccccc23)c(-c2c[nH]c3ccccc23)c1. The molecule has 15 rings (SSSR count). The third-order valence-electron chi connectivity index (χ3n) is 15.6. The van der Waals surface area contributed by atoms with Crippen molar-refractivity contribution in [2.24, 2.45) is 21.1 Å². The number of aryl methyl sites for hydroxylation is 3. The van der Waals surface area contributed by atoms with E-state index in [1.807, 2.05) is 128 Å². The van der Waals surface area contributed by atoms with Crippen LogP contribution in [0, 0.1) is 0 Å². The van der Waals surface area contributed by atoms with E-state index < -0.39 is 18.3 Å². The van der Waals surface area contributed by atoms with E-state index in [4.69, 9.17) is 14.2 Å². The number of H-pyrrole nitrogens is 3. The number of aromatic nitrogens is 9. The van der Waals surface area contributed by atoms with E-state index in [9.17, 15) is 14.4 Å². The van der Waals surface area contributed by atoms with Crippen molar-refractivity contribution in [2.45, 2.75) is 0 Å². The van der Waals surface area contributed by atoms with Crippen molar-refractivity contribution in [1.82, 2.24) is 42.4 Å². The summed E-state index contributed by atoms with van der Waals surface area (Å²) in [6.45, 7) is 0. The number of nitrogens with one attached hydrogen (secondary N) is 3. The fourth-order valence-corrected chi connectivity index (χ4v) is 11.9. The average Bonchev–Trinajstić information content (AvgIpc) is 4.58. The molecule has 6 aromatic carbocycles. The van der Waals surface area contributed by atoms with Crippen LogP contribution in [0.4, 0.5) is 14.4 Å². The third kappa shape index (κ3) is 9.00. The Morgan fingerprint density at radius 3 is 0.774 bits per heavy atom. The summed E-state index contributed by atoms with van der Waals surface area (Å²) in [5.74, 6) is 0. The summed E-state index contributed by atoms with van der Waals surface area (Å²) in [5, 5.41) is 6.56. The topological polar surface area (TPSA) is 156 Å². The molecule has 0 bridgehead atoms. The molecule has 0 saturated carbocycles. The zero-order valence-electron chi connectivity index (χ0n) is 46.9. The third-order valence-corrected chi connectivity index (χ3v) is 15.6. The van der Waals surface area contributed by atoms with Crippen LogP contribution in [0.1, 0.15) is 0 Å². The molecule has 9 aromatic heterocycles. The van der Waals surface area contributed by atoms with Gasteiger partial charge in [0.2, 0.25) is 0 Å². The first kappa shape index (κ1) is 52.2. The summed E-state index contributed by atoms with van der Waals surface area (Å²) in [4.78, 5) is 47.2. The number of carbonyl (C=O) groups excluding carboxylic acids is 3. The monoisotopic (exact) mass is 1110 g/mol. The van der Waals surface area contributed by atoms with Gasteiger partial charge in [0.15, 0.2) is 0 Å². The Morgan fingerprint density at radius 2 is 0.512 bits per heavy atom. The second-order valence-electron chi connectivity index (χ2n) is 20.7. The van der Waals surface area contributed by atoms with Gasteiger partial charge in [-0.3, -0.25) is 13.7 Å². The van der Waals surface area contributed by atoms with Crippen LogP contribution in [-0.4, -0.2) is 82.0 Å². The van der Waals surface area contributed by atoms with E-state index in [-0.39, 0.29) is 0 Å². The number of hydrogen-bond acceptors (Lipinski definition) is 6. The lowest BCUT2D eigenvalue weighted by molar-refractivity contribution is 0.173. The van der Waals surface area contributed by atoms with Gasteiger partial charge in [-0.1, -0.05) is 109 Å². The van der Waals surface area contributed by atoms with Crippen molar-refractivity contribution < 1.29 is 28.6 Å². The minimum atomic E-state index is -0.452. The Hall–Kier alpha value is -11.2. The zero-order chi connectivity index (χ0) is 57.8. The van der Waals surface area contributed by atoms with Crippen molar-refractivity contribution in [3.63, 3.8) is 0 Å². The molecule has 0 atom stereocenters. The van der Waals surface area contributed by atoms with Crippen LogP contribution in [0.2, 0.25) is 0 Å². The lowest BCUT2D eigenvalue weighted by atomic mass is 9.98. The van der Waals surface area contributed by atoms with Gasteiger partial charge in [0.05, 0.1) is 37.9 Å². The number of benzene rings is 6. The highest BCUT2D eigenvalue weighted by molar-refractivity contribution is 6.10. The number of carbonyl (C=O) groups is 3. The predicted molar refractivity (Wildman–Crippen MR) is 334 cm³/mol. The molecule has 0 aliphatic heterocycles. The Balaban J connectivity index is 0.000000119. The van der Waals surface area contributed by atoms with Gasteiger partial charge in [-0.25, -0.2) is 14.4 Å². The molecule has 0 amide bonds. The van der Waals surface area contributed by atoms with Gasteiger partial charge >= 0.3 is 18.3 Å². The number of rotatable bonds is 6. The minimum Gasteiger partial charge on any atom is -0.452 e. The number of para-hydroxylation sites is 6. The lowest BCUT2D eigenvalue weighted by Gasteiger charge is -2.02. The molecule has 0 unspecified atom stereocenters. The highest BCUT2D eigenvalue weighted by atomic mass is 16.5. The number of aromatic amines is 3. The normalized spacial score (nSPS) is 11.4. The zero-order valence-corrected chi connectivity index (χ0v) is 46.9. The highest BCUT2D eigenvalue weighted by Gasteiger charge is 2.24. The highest BCUT2D eigenvalue weighted by Crippen LogP contribution is 2.44. The van der Waals surface area contributed by atoms with Crippen molar-refractivity contribution in [1.29, 1.82) is 0 Å². The standard InChI is InChI=1S/C25H21N3O4.C23H19N3O2.C21H17N3/c1-26-12-18(20-14-27(24(29)31-2)22-10-6-4-8-16(20)22)19(13-26)21-15-28(25(30)32-3)23-11-7-5-9-17(21)23;1-25-12-18(17-11-24-21-9-5-3-7-15(17)21)19(13-25)20-14-26(23(27)28-2)22-10-6-4-8-16(20)22;1-24-12-18(16-10-22-20-8-4-2-6-14(16)20)19(13-24)17-11-23-21-9-5-3-7-15(17)21/h4-15H,1-3H3;3-14,24H,1-2H3;2-13,22-23H,1H3. The second-order valence-corrected chi connectivity index (χ2v) is 20.7. The molecule has 15 heteroatoms. The van der Waals surface area contributed by atoms with Crippen LogP contribution in [-0.2, 0) is 35.4 Å². The summed E-state index contributed by atoms with van der Waals surface area (Å²) < 4.78 is 25.7. The predicted octanol–water partition coefficient (Wildman–Crippen LogP) is 16.2. The van der Waals surface area contributed by atoms with E-state index in [1.165, 1.54) is 79.9 Å². The molecular formula is C69H57N9O6. The molecule has 0 aliphatic carbocycles. The molecule has 0 spiro atoms. The number of nitrogens with zero attached hydrogens (tertiary/aromatic N) is 6. The molecule has 414 valence electrons. The Labute approximate surface area is 481 Å². The Morgan fingerprint density at radius 1 is 0.286 bits per heavy atom. The van der Waals surface area contributed by atoms with Crippen LogP contribution in [0.3, 0.4) is 0 Å². The number of methoxy groups -OCH3 is 3. The summed E-state index contributed by atoms with van der Waals surface area (Å²) >= 11 is 0. The number of ether oxygens (including phenoxy) is 3. The molecule has 15 nitrogen and oxygen atoms in total. The van der Waals surface area contributed by atoms with Gasteiger partial charge in [-0.15, -0.1) is 0 Å². The van der Waals surface area contributed by atoms with E-state index in [2.05, 4.69) is 129 Å². The smallest absolute Gasteiger partial charge is 0.418 e. The molecule has 0 aliphatic rings. The van der Waals surface area contributed by atoms with E-state index in [0.29, 0.717) is 0 Å². The van der Waals surface area contributed by atoms with E-state index in [1.54, 1.807) is 17.0 Å². The second kappa shape index (κ2) is 21.4. The maximum absolute atomic E-state index is 12.4. The van der Waals surface area contributed by atoms with Crippen molar-refractivity contribution >= 4 is 83.7 Å². The average molecular weight is 1110 g/mol. The molecule has 3 N–H and O–H groups in total. The summed E-state index contributed by atoms with van der Waals surface area (Å²) in [6, 6.07) is 48.5. The van der Waals surface area contributed by atoms with Crippen LogP contribution in [0.5, 0.6) is 0 Å².